The van der Waals surface area contributed by atoms with Crippen LogP contribution in [-0.4, -0.2) is 43.8 Å². The molecule has 1 aliphatic heterocycles. The molecule has 3 aromatic rings. The summed E-state index contributed by atoms with van der Waals surface area (Å²) < 4.78 is 16.5. The number of ether oxygens (including phenoxy) is 3. The SMILES string of the molecule is COc1cccc(CCC2c3cc(OC)c(OC)cc3CCN2C(C(=O)O)c2ccccc2)c1. The molecule has 2 atom stereocenters. The summed E-state index contributed by atoms with van der Waals surface area (Å²) in [4.78, 5) is 14.7. The summed E-state index contributed by atoms with van der Waals surface area (Å²) in [5.41, 5.74) is 4.19. The van der Waals surface area contributed by atoms with Crippen LogP contribution in [0.1, 0.15) is 40.8 Å². The monoisotopic (exact) mass is 461 g/mol. The lowest BCUT2D eigenvalue weighted by Crippen LogP contribution is -2.41. The molecule has 0 saturated carbocycles. The Morgan fingerprint density at radius 1 is 0.971 bits per heavy atom. The molecule has 1 aliphatic rings. The van der Waals surface area contributed by atoms with Crippen molar-refractivity contribution in [3.8, 4) is 17.2 Å². The van der Waals surface area contributed by atoms with Gasteiger partial charge < -0.3 is 19.3 Å². The van der Waals surface area contributed by atoms with Crippen LogP contribution < -0.4 is 14.2 Å². The maximum atomic E-state index is 12.5. The molecule has 6 heteroatoms. The fourth-order valence-corrected chi connectivity index (χ4v) is 4.92. The van der Waals surface area contributed by atoms with Crippen molar-refractivity contribution in [1.82, 2.24) is 4.90 Å². The molecule has 0 amide bonds. The van der Waals surface area contributed by atoms with Crippen LogP contribution in [-0.2, 0) is 17.6 Å². The van der Waals surface area contributed by atoms with E-state index in [1.54, 1.807) is 21.3 Å². The van der Waals surface area contributed by atoms with Crippen molar-refractivity contribution >= 4 is 5.97 Å². The zero-order valence-corrected chi connectivity index (χ0v) is 19.9. The van der Waals surface area contributed by atoms with Gasteiger partial charge in [-0.05, 0) is 65.8 Å². The van der Waals surface area contributed by atoms with E-state index in [1.165, 1.54) is 5.56 Å². The molecule has 0 radical (unpaired) electrons. The summed E-state index contributed by atoms with van der Waals surface area (Å²) in [6.45, 7) is 0.636. The molecular formula is C28H31NO5. The average Bonchev–Trinajstić information content (AvgIpc) is 2.87. The number of carboxylic acid groups (broad SMARTS) is 1. The number of nitrogens with zero attached hydrogens (tertiary/aromatic N) is 1. The molecule has 0 aromatic heterocycles. The van der Waals surface area contributed by atoms with Gasteiger partial charge in [-0.2, -0.15) is 0 Å². The lowest BCUT2D eigenvalue weighted by Gasteiger charge is -2.41. The summed E-state index contributed by atoms with van der Waals surface area (Å²) in [5.74, 6) is 1.32. The molecule has 4 rings (SSSR count). The van der Waals surface area contributed by atoms with Crippen LogP contribution in [0.5, 0.6) is 17.2 Å². The number of hydrogen-bond donors (Lipinski definition) is 1. The molecule has 34 heavy (non-hydrogen) atoms. The second-order valence-electron chi connectivity index (χ2n) is 8.45. The summed E-state index contributed by atoms with van der Waals surface area (Å²) in [7, 11) is 4.92. The van der Waals surface area contributed by atoms with Gasteiger partial charge in [-0.15, -0.1) is 0 Å². The van der Waals surface area contributed by atoms with Gasteiger partial charge >= 0.3 is 5.97 Å². The van der Waals surface area contributed by atoms with E-state index in [1.807, 2.05) is 60.7 Å². The molecule has 0 fully saturated rings. The third-order valence-corrected chi connectivity index (χ3v) is 6.57. The Labute approximate surface area is 200 Å². The predicted molar refractivity (Wildman–Crippen MR) is 131 cm³/mol. The molecule has 1 N–H and O–H groups in total. The Kier molecular flexibility index (Phi) is 7.38. The second kappa shape index (κ2) is 10.6. The van der Waals surface area contributed by atoms with Crippen molar-refractivity contribution in [3.05, 3.63) is 89.0 Å². The average molecular weight is 462 g/mol. The fraction of sp³-hybridized carbons (Fsp3) is 0.321. The highest BCUT2D eigenvalue weighted by Crippen LogP contribution is 2.43. The lowest BCUT2D eigenvalue weighted by atomic mass is 9.86. The van der Waals surface area contributed by atoms with Gasteiger partial charge in [0.25, 0.3) is 0 Å². The highest BCUT2D eigenvalue weighted by molar-refractivity contribution is 5.75. The van der Waals surface area contributed by atoms with Gasteiger partial charge in [0.1, 0.15) is 11.8 Å². The number of aryl methyl sites for hydroxylation is 1. The summed E-state index contributed by atoms with van der Waals surface area (Å²) in [5, 5.41) is 10.3. The number of carboxylic acids is 1. The maximum absolute atomic E-state index is 12.5. The topological polar surface area (TPSA) is 68.2 Å². The Bertz CT molecular complexity index is 1130. The van der Waals surface area contributed by atoms with E-state index in [9.17, 15) is 9.90 Å². The van der Waals surface area contributed by atoms with Crippen LogP contribution >= 0.6 is 0 Å². The first-order valence-electron chi connectivity index (χ1n) is 11.5. The highest BCUT2D eigenvalue weighted by Gasteiger charge is 2.37. The van der Waals surface area contributed by atoms with Gasteiger partial charge in [0, 0.05) is 12.6 Å². The molecule has 0 aliphatic carbocycles. The largest absolute Gasteiger partial charge is 0.497 e. The van der Waals surface area contributed by atoms with Crippen molar-refractivity contribution < 1.29 is 24.1 Å². The molecule has 2 unspecified atom stereocenters. The van der Waals surface area contributed by atoms with Gasteiger partial charge in [-0.1, -0.05) is 42.5 Å². The minimum atomic E-state index is -0.846. The van der Waals surface area contributed by atoms with E-state index in [2.05, 4.69) is 11.0 Å². The van der Waals surface area contributed by atoms with E-state index < -0.39 is 12.0 Å². The van der Waals surface area contributed by atoms with Gasteiger partial charge in [0.2, 0.25) is 0 Å². The maximum Gasteiger partial charge on any atom is 0.325 e. The molecule has 0 saturated heterocycles. The first-order chi connectivity index (χ1) is 16.5. The Balaban J connectivity index is 1.75. The summed E-state index contributed by atoms with van der Waals surface area (Å²) >= 11 is 0. The lowest BCUT2D eigenvalue weighted by molar-refractivity contribution is -0.145. The normalized spacial score (nSPS) is 16.4. The van der Waals surface area contributed by atoms with Crippen molar-refractivity contribution in [1.29, 1.82) is 0 Å². The van der Waals surface area contributed by atoms with Crippen LogP contribution in [0.3, 0.4) is 0 Å². The first kappa shape index (κ1) is 23.6. The minimum absolute atomic E-state index is 0.101. The van der Waals surface area contributed by atoms with Gasteiger partial charge in [0.15, 0.2) is 11.5 Å². The summed E-state index contributed by atoms with van der Waals surface area (Å²) in [6, 6.07) is 20.7. The number of carbonyl (C=O) groups is 1. The fourth-order valence-electron chi connectivity index (χ4n) is 4.92. The van der Waals surface area contributed by atoms with Crippen LogP contribution in [0.2, 0.25) is 0 Å². The van der Waals surface area contributed by atoms with Crippen LogP contribution in [0.25, 0.3) is 0 Å². The molecule has 1 heterocycles. The third kappa shape index (κ3) is 4.87. The predicted octanol–water partition coefficient (Wildman–Crippen LogP) is 5.07. The van der Waals surface area contributed by atoms with Crippen LogP contribution in [0, 0.1) is 0 Å². The molecule has 178 valence electrons. The Morgan fingerprint density at radius 3 is 2.38 bits per heavy atom. The van der Waals surface area contributed by atoms with E-state index in [0.29, 0.717) is 18.0 Å². The number of hydrogen-bond acceptors (Lipinski definition) is 5. The first-order valence-corrected chi connectivity index (χ1v) is 11.5. The molecule has 6 nitrogen and oxygen atoms in total. The molecule has 0 bridgehead atoms. The van der Waals surface area contributed by atoms with E-state index >= 15 is 0 Å². The zero-order chi connectivity index (χ0) is 24.1. The number of fused-ring (bicyclic) bond motifs is 1. The number of aliphatic carboxylic acids is 1. The Morgan fingerprint density at radius 2 is 1.71 bits per heavy atom. The van der Waals surface area contributed by atoms with Crippen molar-refractivity contribution in [2.45, 2.75) is 31.3 Å². The third-order valence-electron chi connectivity index (χ3n) is 6.57. The molecular weight excluding hydrogens is 430 g/mol. The standard InChI is InChI=1S/C28H31NO5/c1-32-22-11-7-8-19(16-22)12-13-24-23-18-26(34-3)25(33-2)17-21(23)14-15-29(24)27(28(30)31)20-9-5-4-6-10-20/h4-11,16-18,24,27H,12-15H2,1-3H3,(H,30,31). The van der Waals surface area contributed by atoms with Gasteiger partial charge in [0.05, 0.1) is 21.3 Å². The number of methoxy groups -OCH3 is 3. The van der Waals surface area contributed by atoms with E-state index in [0.717, 1.165) is 41.7 Å². The quantitative estimate of drug-likeness (QED) is 0.480. The number of benzene rings is 3. The zero-order valence-electron chi connectivity index (χ0n) is 19.9. The van der Waals surface area contributed by atoms with Crippen LogP contribution in [0.15, 0.2) is 66.7 Å². The van der Waals surface area contributed by atoms with E-state index in [4.69, 9.17) is 14.2 Å². The minimum Gasteiger partial charge on any atom is -0.497 e. The van der Waals surface area contributed by atoms with Gasteiger partial charge in [-0.25, -0.2) is 0 Å². The van der Waals surface area contributed by atoms with Crippen molar-refractivity contribution in [3.63, 3.8) is 0 Å². The Hall–Kier alpha value is -3.51. The molecule has 3 aromatic carbocycles. The highest BCUT2D eigenvalue weighted by atomic mass is 16.5. The number of rotatable bonds is 9. The summed E-state index contributed by atoms with van der Waals surface area (Å²) in [6.07, 6.45) is 2.28. The van der Waals surface area contributed by atoms with Crippen molar-refractivity contribution in [2.24, 2.45) is 0 Å². The second-order valence-corrected chi connectivity index (χ2v) is 8.45. The van der Waals surface area contributed by atoms with E-state index in [-0.39, 0.29) is 6.04 Å². The van der Waals surface area contributed by atoms with Gasteiger partial charge in [-0.3, -0.25) is 9.69 Å². The van der Waals surface area contributed by atoms with Crippen LogP contribution in [0.4, 0.5) is 0 Å². The van der Waals surface area contributed by atoms with Crippen molar-refractivity contribution in [2.75, 3.05) is 27.9 Å². The smallest absolute Gasteiger partial charge is 0.325 e. The molecule has 0 spiro atoms.